The van der Waals surface area contributed by atoms with E-state index in [2.05, 4.69) is 15.0 Å². The number of carbonyl (C=O) groups excluding carboxylic acids is 2. The molecule has 1 aromatic heterocycles. The molecule has 2 rings (SSSR count). The zero-order chi connectivity index (χ0) is 15.7. The van der Waals surface area contributed by atoms with Crippen LogP contribution in [0.3, 0.4) is 0 Å². The molecule has 0 saturated heterocycles. The van der Waals surface area contributed by atoms with Gasteiger partial charge in [-0.3, -0.25) is 10.1 Å². The van der Waals surface area contributed by atoms with Crippen LogP contribution in [-0.4, -0.2) is 36.2 Å². The molecule has 0 atom stereocenters. The van der Waals surface area contributed by atoms with Crippen LogP contribution in [0.2, 0.25) is 0 Å². The van der Waals surface area contributed by atoms with Crippen molar-refractivity contribution in [2.24, 2.45) is 0 Å². The quantitative estimate of drug-likeness (QED) is 0.808. The van der Waals surface area contributed by atoms with E-state index in [1.165, 1.54) is 7.11 Å². The Balaban J connectivity index is 1.95. The van der Waals surface area contributed by atoms with Crippen molar-refractivity contribution in [1.29, 1.82) is 0 Å². The number of rotatable bonds is 5. The van der Waals surface area contributed by atoms with E-state index in [9.17, 15) is 9.59 Å². The van der Waals surface area contributed by atoms with E-state index in [0.29, 0.717) is 5.69 Å². The highest BCUT2D eigenvalue weighted by Crippen LogP contribution is 2.45. The Morgan fingerprint density at radius 3 is 2.57 bits per heavy atom. The second-order valence-electron chi connectivity index (χ2n) is 6.32. The maximum Gasteiger partial charge on any atom is 0.354 e. The minimum Gasteiger partial charge on any atom is -0.464 e. The molecule has 116 valence electrons. The molecule has 0 bridgehead atoms. The summed E-state index contributed by atoms with van der Waals surface area (Å²) in [6, 6.07) is 1.76. The van der Waals surface area contributed by atoms with Crippen molar-refractivity contribution in [1.82, 2.24) is 10.3 Å². The molecule has 0 amide bonds. The zero-order valence-electron chi connectivity index (χ0n) is 12.9. The van der Waals surface area contributed by atoms with Crippen molar-refractivity contribution in [2.75, 3.05) is 13.7 Å². The lowest BCUT2D eigenvalue weighted by Crippen LogP contribution is -2.37. The third-order valence-electron chi connectivity index (χ3n) is 3.38. The highest BCUT2D eigenvalue weighted by molar-refractivity contribution is 5.87. The third kappa shape index (κ3) is 3.85. The molecule has 0 aromatic carbocycles. The predicted molar refractivity (Wildman–Crippen MR) is 76.9 cm³/mol. The lowest BCUT2D eigenvalue weighted by molar-refractivity contribution is -0.153. The SMILES string of the molecule is COC(=O)c1cc(C2(NCC(=O)OC(C)(C)C)CC2)c[nH]1. The number of aromatic amines is 1. The largest absolute Gasteiger partial charge is 0.464 e. The van der Waals surface area contributed by atoms with Crippen LogP contribution >= 0.6 is 0 Å². The van der Waals surface area contributed by atoms with Gasteiger partial charge in [0, 0.05) is 11.7 Å². The molecule has 0 spiro atoms. The van der Waals surface area contributed by atoms with E-state index in [0.717, 1.165) is 18.4 Å². The Bertz CT molecular complexity index is 538. The van der Waals surface area contributed by atoms with Gasteiger partial charge >= 0.3 is 11.9 Å². The lowest BCUT2D eigenvalue weighted by Gasteiger charge is -2.21. The van der Waals surface area contributed by atoms with Crippen LogP contribution in [0.1, 0.15) is 49.7 Å². The second-order valence-corrected chi connectivity index (χ2v) is 6.32. The molecule has 0 aliphatic heterocycles. The summed E-state index contributed by atoms with van der Waals surface area (Å²) < 4.78 is 9.95. The molecule has 21 heavy (non-hydrogen) atoms. The molecule has 1 aromatic rings. The fourth-order valence-electron chi connectivity index (χ4n) is 2.21. The molecule has 1 fully saturated rings. The van der Waals surface area contributed by atoms with Gasteiger partial charge in [-0.15, -0.1) is 0 Å². The Morgan fingerprint density at radius 1 is 1.38 bits per heavy atom. The van der Waals surface area contributed by atoms with Crippen LogP contribution in [-0.2, 0) is 19.8 Å². The number of ether oxygens (including phenoxy) is 2. The molecule has 6 heteroatoms. The van der Waals surface area contributed by atoms with Crippen LogP contribution in [0, 0.1) is 0 Å². The van der Waals surface area contributed by atoms with Gasteiger partial charge < -0.3 is 14.5 Å². The van der Waals surface area contributed by atoms with Gasteiger partial charge in [0.15, 0.2) is 0 Å². The number of nitrogens with one attached hydrogen (secondary N) is 2. The highest BCUT2D eigenvalue weighted by Gasteiger charge is 2.45. The van der Waals surface area contributed by atoms with E-state index in [1.807, 2.05) is 20.8 Å². The standard InChI is InChI=1S/C15H22N2O4/c1-14(2,3)21-12(18)9-17-15(5-6-15)10-7-11(16-8-10)13(19)20-4/h7-8,16-17H,5-6,9H2,1-4H3. The first kappa shape index (κ1) is 15.6. The number of hydrogen-bond acceptors (Lipinski definition) is 5. The molecular formula is C15H22N2O4. The average Bonchev–Trinajstić information content (AvgIpc) is 3.02. The smallest absolute Gasteiger partial charge is 0.354 e. The van der Waals surface area contributed by atoms with E-state index >= 15 is 0 Å². The topological polar surface area (TPSA) is 80.4 Å². The van der Waals surface area contributed by atoms with Crippen LogP contribution in [0.25, 0.3) is 0 Å². The van der Waals surface area contributed by atoms with Gasteiger partial charge in [0.2, 0.25) is 0 Å². The summed E-state index contributed by atoms with van der Waals surface area (Å²) in [4.78, 5) is 26.1. The summed E-state index contributed by atoms with van der Waals surface area (Å²) in [7, 11) is 1.34. The van der Waals surface area contributed by atoms with Gasteiger partial charge in [0.25, 0.3) is 0 Å². The van der Waals surface area contributed by atoms with Gasteiger partial charge in [0.1, 0.15) is 11.3 Å². The normalized spacial score (nSPS) is 16.4. The Morgan fingerprint density at radius 2 is 2.05 bits per heavy atom. The van der Waals surface area contributed by atoms with E-state index < -0.39 is 11.6 Å². The molecule has 0 unspecified atom stereocenters. The molecule has 6 nitrogen and oxygen atoms in total. The maximum atomic E-state index is 11.8. The van der Waals surface area contributed by atoms with Crippen LogP contribution in [0.15, 0.2) is 12.3 Å². The molecule has 2 N–H and O–H groups in total. The summed E-state index contributed by atoms with van der Waals surface area (Å²) in [5.41, 5.74) is 0.658. The van der Waals surface area contributed by atoms with Gasteiger partial charge in [-0.1, -0.05) is 0 Å². The van der Waals surface area contributed by atoms with Crippen molar-refractivity contribution in [3.63, 3.8) is 0 Å². The second kappa shape index (κ2) is 5.52. The van der Waals surface area contributed by atoms with E-state index in [4.69, 9.17) is 4.74 Å². The summed E-state index contributed by atoms with van der Waals surface area (Å²) in [5.74, 6) is -0.679. The first-order chi connectivity index (χ1) is 9.76. The van der Waals surface area contributed by atoms with Gasteiger partial charge in [-0.25, -0.2) is 4.79 Å². The molecule has 1 aliphatic carbocycles. The Hall–Kier alpha value is -1.82. The number of hydrogen-bond donors (Lipinski definition) is 2. The van der Waals surface area contributed by atoms with Crippen LogP contribution < -0.4 is 5.32 Å². The molecule has 1 aliphatic rings. The predicted octanol–water partition coefficient (Wildman–Crippen LogP) is 1.72. The van der Waals surface area contributed by atoms with Gasteiger partial charge in [0.05, 0.1) is 13.7 Å². The van der Waals surface area contributed by atoms with Crippen molar-refractivity contribution < 1.29 is 19.1 Å². The zero-order valence-corrected chi connectivity index (χ0v) is 12.9. The summed E-state index contributed by atoms with van der Waals surface area (Å²) in [6.07, 6.45) is 3.63. The lowest BCUT2D eigenvalue weighted by atomic mass is 10.1. The fraction of sp³-hybridized carbons (Fsp3) is 0.600. The number of H-pyrrole nitrogens is 1. The Kier molecular flexibility index (Phi) is 4.09. The maximum absolute atomic E-state index is 11.8. The molecule has 0 radical (unpaired) electrons. The van der Waals surface area contributed by atoms with E-state index in [-0.39, 0.29) is 18.1 Å². The van der Waals surface area contributed by atoms with Crippen molar-refractivity contribution >= 4 is 11.9 Å². The van der Waals surface area contributed by atoms with Crippen molar-refractivity contribution in [2.45, 2.75) is 44.8 Å². The number of methoxy groups -OCH3 is 1. The summed E-state index contributed by atoms with van der Waals surface area (Å²) >= 11 is 0. The molecule has 1 heterocycles. The highest BCUT2D eigenvalue weighted by atomic mass is 16.6. The Labute approximate surface area is 124 Å². The third-order valence-corrected chi connectivity index (χ3v) is 3.38. The monoisotopic (exact) mass is 294 g/mol. The number of carbonyl (C=O) groups is 2. The number of aromatic nitrogens is 1. The van der Waals surface area contributed by atoms with Gasteiger partial charge in [-0.05, 0) is 45.2 Å². The minimum atomic E-state index is -0.485. The minimum absolute atomic E-state index is 0.149. The van der Waals surface area contributed by atoms with Crippen molar-refractivity contribution in [3.8, 4) is 0 Å². The first-order valence-electron chi connectivity index (χ1n) is 7.00. The van der Waals surface area contributed by atoms with Crippen LogP contribution in [0.5, 0.6) is 0 Å². The van der Waals surface area contributed by atoms with Crippen LogP contribution in [0.4, 0.5) is 0 Å². The summed E-state index contributed by atoms with van der Waals surface area (Å²) in [5, 5.41) is 3.23. The van der Waals surface area contributed by atoms with Gasteiger partial charge in [-0.2, -0.15) is 0 Å². The number of esters is 2. The first-order valence-corrected chi connectivity index (χ1v) is 7.00. The molecular weight excluding hydrogens is 272 g/mol. The summed E-state index contributed by atoms with van der Waals surface area (Å²) in [6.45, 7) is 5.67. The fourth-order valence-corrected chi connectivity index (χ4v) is 2.21. The van der Waals surface area contributed by atoms with E-state index in [1.54, 1.807) is 12.3 Å². The molecule has 1 saturated carbocycles. The average molecular weight is 294 g/mol. The van der Waals surface area contributed by atoms with Crippen molar-refractivity contribution in [3.05, 3.63) is 23.5 Å².